The molecular formula is C15H22N2O4. The van der Waals surface area contributed by atoms with Crippen molar-refractivity contribution in [3.8, 4) is 11.5 Å². The topological polar surface area (TPSA) is 51.2 Å². The molecule has 1 amide bonds. The van der Waals surface area contributed by atoms with E-state index in [2.05, 4.69) is 4.90 Å². The Morgan fingerprint density at radius 2 is 1.67 bits per heavy atom. The first-order valence-corrected chi connectivity index (χ1v) is 7.05. The summed E-state index contributed by atoms with van der Waals surface area (Å²) in [5.41, 5.74) is 0. The van der Waals surface area contributed by atoms with Crippen LogP contribution in [-0.4, -0.2) is 69.4 Å². The van der Waals surface area contributed by atoms with Crippen LogP contribution in [0.1, 0.15) is 0 Å². The molecule has 1 aliphatic rings. The number of benzene rings is 1. The number of methoxy groups -OCH3 is 2. The molecule has 0 atom stereocenters. The van der Waals surface area contributed by atoms with Crippen LogP contribution in [0, 0.1) is 0 Å². The van der Waals surface area contributed by atoms with Gasteiger partial charge in [0.2, 0.25) is 0 Å². The molecule has 1 saturated heterocycles. The van der Waals surface area contributed by atoms with Gasteiger partial charge in [0.25, 0.3) is 0 Å². The molecule has 1 aliphatic heterocycles. The molecule has 0 N–H and O–H groups in total. The quantitative estimate of drug-likeness (QED) is 0.823. The monoisotopic (exact) mass is 294 g/mol. The summed E-state index contributed by atoms with van der Waals surface area (Å²) < 4.78 is 15.5. The average Bonchev–Trinajstić information content (AvgIpc) is 2.55. The van der Waals surface area contributed by atoms with E-state index in [4.69, 9.17) is 14.2 Å². The largest absolute Gasteiger partial charge is 0.497 e. The van der Waals surface area contributed by atoms with Crippen LogP contribution in [-0.2, 0) is 4.74 Å². The third-order valence-electron chi connectivity index (χ3n) is 3.54. The first-order chi connectivity index (χ1) is 10.2. The molecule has 6 heteroatoms. The van der Waals surface area contributed by atoms with E-state index in [1.54, 1.807) is 12.0 Å². The molecule has 21 heavy (non-hydrogen) atoms. The smallest absolute Gasteiger partial charge is 0.409 e. The molecule has 0 saturated carbocycles. The van der Waals surface area contributed by atoms with E-state index in [1.165, 1.54) is 7.11 Å². The molecular weight excluding hydrogens is 272 g/mol. The molecule has 0 aliphatic carbocycles. The summed E-state index contributed by atoms with van der Waals surface area (Å²) in [5.74, 6) is 1.66. The van der Waals surface area contributed by atoms with Crippen LogP contribution < -0.4 is 9.47 Å². The molecule has 0 aromatic heterocycles. The van der Waals surface area contributed by atoms with E-state index in [0.29, 0.717) is 19.7 Å². The number of hydrogen-bond acceptors (Lipinski definition) is 5. The normalized spacial score (nSPS) is 15.6. The summed E-state index contributed by atoms with van der Waals surface area (Å²) in [6, 6.07) is 7.55. The van der Waals surface area contributed by atoms with Crippen molar-refractivity contribution < 1.29 is 19.0 Å². The van der Waals surface area contributed by atoms with Crippen LogP contribution in [0.15, 0.2) is 24.3 Å². The number of carbonyl (C=O) groups is 1. The SMILES string of the molecule is COC(=O)N1CCN(CCOc2ccc(OC)cc2)CC1. The van der Waals surface area contributed by atoms with Crippen LogP contribution in [0.2, 0.25) is 0 Å². The molecule has 1 aromatic carbocycles. The lowest BCUT2D eigenvalue weighted by atomic mass is 10.3. The van der Waals surface area contributed by atoms with Gasteiger partial charge in [0.15, 0.2) is 0 Å². The maximum Gasteiger partial charge on any atom is 0.409 e. The molecule has 2 rings (SSSR count). The van der Waals surface area contributed by atoms with E-state index in [-0.39, 0.29) is 6.09 Å². The van der Waals surface area contributed by atoms with Crippen LogP contribution >= 0.6 is 0 Å². The van der Waals surface area contributed by atoms with Gasteiger partial charge >= 0.3 is 6.09 Å². The summed E-state index contributed by atoms with van der Waals surface area (Å²) in [6.45, 7) is 4.58. The minimum absolute atomic E-state index is 0.246. The van der Waals surface area contributed by atoms with Crippen molar-refractivity contribution in [3.05, 3.63) is 24.3 Å². The fourth-order valence-electron chi connectivity index (χ4n) is 2.25. The van der Waals surface area contributed by atoms with Gasteiger partial charge in [-0.15, -0.1) is 0 Å². The molecule has 0 unspecified atom stereocenters. The lowest BCUT2D eigenvalue weighted by Gasteiger charge is -2.33. The van der Waals surface area contributed by atoms with Gasteiger partial charge in [0.05, 0.1) is 14.2 Å². The summed E-state index contributed by atoms with van der Waals surface area (Å²) in [4.78, 5) is 15.4. The zero-order chi connectivity index (χ0) is 15.1. The predicted octanol–water partition coefficient (Wildman–Crippen LogP) is 1.46. The number of carbonyl (C=O) groups excluding carboxylic acids is 1. The molecule has 1 fully saturated rings. The Kier molecular flexibility index (Phi) is 5.68. The lowest BCUT2D eigenvalue weighted by Crippen LogP contribution is -2.49. The number of amides is 1. The van der Waals surface area contributed by atoms with Gasteiger partial charge in [-0.25, -0.2) is 4.79 Å². The van der Waals surface area contributed by atoms with Crippen molar-refractivity contribution in [2.24, 2.45) is 0 Å². The Balaban J connectivity index is 1.66. The van der Waals surface area contributed by atoms with E-state index in [0.717, 1.165) is 31.1 Å². The standard InChI is InChI=1S/C15H22N2O4/c1-19-13-3-5-14(6-4-13)21-12-11-16-7-9-17(10-8-16)15(18)20-2/h3-6H,7-12H2,1-2H3. The number of nitrogens with zero attached hydrogens (tertiary/aromatic N) is 2. The maximum atomic E-state index is 11.4. The van der Waals surface area contributed by atoms with Gasteiger partial charge in [0, 0.05) is 32.7 Å². The summed E-state index contributed by atoms with van der Waals surface area (Å²) in [7, 11) is 3.06. The van der Waals surface area contributed by atoms with Gasteiger partial charge in [-0.2, -0.15) is 0 Å². The average molecular weight is 294 g/mol. The third-order valence-corrected chi connectivity index (χ3v) is 3.54. The van der Waals surface area contributed by atoms with Crippen LogP contribution in [0.25, 0.3) is 0 Å². The Bertz CT molecular complexity index is 441. The van der Waals surface area contributed by atoms with Crippen molar-refractivity contribution in [3.63, 3.8) is 0 Å². The summed E-state index contributed by atoms with van der Waals surface area (Å²) in [6.07, 6.45) is -0.246. The second kappa shape index (κ2) is 7.73. The zero-order valence-electron chi connectivity index (χ0n) is 12.6. The second-order valence-electron chi connectivity index (χ2n) is 4.82. The van der Waals surface area contributed by atoms with Gasteiger partial charge < -0.3 is 19.1 Å². The minimum atomic E-state index is -0.246. The highest BCUT2D eigenvalue weighted by Crippen LogP contribution is 2.16. The second-order valence-corrected chi connectivity index (χ2v) is 4.82. The van der Waals surface area contributed by atoms with Crippen LogP contribution in [0.4, 0.5) is 4.79 Å². The maximum absolute atomic E-state index is 11.4. The third kappa shape index (κ3) is 4.53. The highest BCUT2D eigenvalue weighted by Gasteiger charge is 2.20. The highest BCUT2D eigenvalue weighted by atomic mass is 16.5. The predicted molar refractivity (Wildman–Crippen MR) is 78.9 cm³/mol. The molecule has 0 bridgehead atoms. The fourth-order valence-corrected chi connectivity index (χ4v) is 2.25. The highest BCUT2D eigenvalue weighted by molar-refractivity contribution is 5.67. The van der Waals surface area contributed by atoms with Gasteiger partial charge in [-0.1, -0.05) is 0 Å². The zero-order valence-corrected chi connectivity index (χ0v) is 12.6. The summed E-state index contributed by atoms with van der Waals surface area (Å²) in [5, 5.41) is 0. The molecule has 116 valence electrons. The van der Waals surface area contributed by atoms with E-state index >= 15 is 0 Å². The van der Waals surface area contributed by atoms with Gasteiger partial charge in [-0.05, 0) is 24.3 Å². The molecule has 0 spiro atoms. The number of rotatable bonds is 5. The first-order valence-electron chi connectivity index (χ1n) is 7.05. The number of ether oxygens (including phenoxy) is 3. The Hall–Kier alpha value is -1.95. The fraction of sp³-hybridized carbons (Fsp3) is 0.533. The summed E-state index contributed by atoms with van der Waals surface area (Å²) >= 11 is 0. The van der Waals surface area contributed by atoms with Gasteiger partial charge in [-0.3, -0.25) is 4.90 Å². The molecule has 0 radical (unpaired) electrons. The van der Waals surface area contributed by atoms with Gasteiger partial charge in [0.1, 0.15) is 18.1 Å². The molecule has 1 aromatic rings. The van der Waals surface area contributed by atoms with Crippen LogP contribution in [0.5, 0.6) is 11.5 Å². The molecule has 6 nitrogen and oxygen atoms in total. The van der Waals surface area contributed by atoms with Crippen molar-refractivity contribution >= 4 is 6.09 Å². The van der Waals surface area contributed by atoms with Crippen molar-refractivity contribution in [2.45, 2.75) is 0 Å². The minimum Gasteiger partial charge on any atom is -0.497 e. The van der Waals surface area contributed by atoms with Crippen molar-refractivity contribution in [1.29, 1.82) is 0 Å². The van der Waals surface area contributed by atoms with Crippen LogP contribution in [0.3, 0.4) is 0 Å². The number of hydrogen-bond donors (Lipinski definition) is 0. The Morgan fingerprint density at radius 3 is 2.24 bits per heavy atom. The van der Waals surface area contributed by atoms with E-state index in [9.17, 15) is 4.79 Å². The lowest BCUT2D eigenvalue weighted by molar-refractivity contribution is 0.0860. The van der Waals surface area contributed by atoms with Crippen molar-refractivity contribution in [1.82, 2.24) is 9.80 Å². The molecule has 1 heterocycles. The Morgan fingerprint density at radius 1 is 1.05 bits per heavy atom. The first kappa shape index (κ1) is 15.4. The van der Waals surface area contributed by atoms with Crippen molar-refractivity contribution in [2.75, 3.05) is 53.6 Å². The van der Waals surface area contributed by atoms with E-state index in [1.807, 2.05) is 24.3 Å². The Labute approximate surface area is 125 Å². The number of piperazine rings is 1. The van der Waals surface area contributed by atoms with E-state index < -0.39 is 0 Å².